The lowest BCUT2D eigenvalue weighted by molar-refractivity contribution is 0.463. The van der Waals surface area contributed by atoms with Crippen LogP contribution in [0.3, 0.4) is 0 Å². The fourth-order valence-corrected chi connectivity index (χ4v) is 2.42. The number of imidazole rings is 1. The molecule has 0 fully saturated rings. The van der Waals surface area contributed by atoms with Crippen molar-refractivity contribution in [2.45, 2.75) is 20.8 Å². The Hall–Kier alpha value is -2.26. The minimum absolute atomic E-state index is 0.577. The second-order valence-corrected chi connectivity index (χ2v) is 5.75. The van der Waals surface area contributed by atoms with Crippen LogP contribution in [0, 0.1) is 20.8 Å². The molecule has 0 saturated heterocycles. The van der Waals surface area contributed by atoms with E-state index in [0.29, 0.717) is 10.9 Å². The number of hydrogen-bond donors (Lipinski definition) is 1. The number of aryl methyl sites for hydroxylation is 2. The van der Waals surface area contributed by atoms with Gasteiger partial charge in [-0.05, 0) is 50.1 Å². The Labute approximate surface area is 134 Å². The highest BCUT2D eigenvalue weighted by molar-refractivity contribution is 6.30. The van der Waals surface area contributed by atoms with E-state index in [-0.39, 0.29) is 0 Å². The Morgan fingerprint density at radius 2 is 1.73 bits per heavy atom. The molecule has 0 spiro atoms. The fraction of sp³-hybridized carbons (Fsp3) is 0.167. The van der Waals surface area contributed by atoms with Crippen molar-refractivity contribution in [3.8, 4) is 22.9 Å². The van der Waals surface area contributed by atoms with Gasteiger partial charge in [-0.3, -0.25) is 0 Å². The van der Waals surface area contributed by atoms with E-state index in [4.69, 9.17) is 16.3 Å². The summed E-state index contributed by atoms with van der Waals surface area (Å²) in [7, 11) is 0. The molecular formula is C18H17ClN2O. The number of halogens is 1. The van der Waals surface area contributed by atoms with Gasteiger partial charge in [-0.1, -0.05) is 35.9 Å². The summed E-state index contributed by atoms with van der Waals surface area (Å²) in [5.74, 6) is 2.21. The molecule has 2 aromatic carbocycles. The number of nitrogens with one attached hydrogen (secondary N) is 1. The Bertz CT molecular complexity index is 806. The van der Waals surface area contributed by atoms with E-state index >= 15 is 0 Å². The first kappa shape index (κ1) is 14.7. The number of aromatic amines is 1. The van der Waals surface area contributed by atoms with Gasteiger partial charge in [0.1, 0.15) is 17.3 Å². The summed E-state index contributed by atoms with van der Waals surface area (Å²) in [6, 6.07) is 13.6. The molecule has 0 unspecified atom stereocenters. The number of rotatable bonds is 3. The van der Waals surface area contributed by atoms with Gasteiger partial charge < -0.3 is 9.72 Å². The van der Waals surface area contributed by atoms with E-state index in [1.165, 1.54) is 5.56 Å². The first-order chi connectivity index (χ1) is 10.5. The zero-order chi connectivity index (χ0) is 15.7. The lowest BCUT2D eigenvalue weighted by Crippen LogP contribution is -1.92. The highest BCUT2D eigenvalue weighted by Crippen LogP contribution is 2.33. The molecule has 3 rings (SSSR count). The number of hydrogen-bond acceptors (Lipinski definition) is 2. The van der Waals surface area contributed by atoms with Crippen LogP contribution in [-0.4, -0.2) is 9.97 Å². The van der Waals surface area contributed by atoms with Crippen molar-refractivity contribution in [3.05, 3.63) is 64.4 Å². The SMILES string of the molecule is Cc1nc(Oc2cccc(C)c2C)c(-c2ccc(Cl)cc2)[nH]1. The number of H-pyrrole nitrogens is 1. The van der Waals surface area contributed by atoms with E-state index in [0.717, 1.165) is 28.4 Å². The van der Waals surface area contributed by atoms with Gasteiger partial charge in [0.05, 0.1) is 0 Å². The van der Waals surface area contributed by atoms with E-state index in [1.807, 2.05) is 50.2 Å². The van der Waals surface area contributed by atoms with Crippen LogP contribution in [0.1, 0.15) is 17.0 Å². The van der Waals surface area contributed by atoms with Gasteiger partial charge in [0.15, 0.2) is 0 Å². The molecule has 0 bridgehead atoms. The topological polar surface area (TPSA) is 37.9 Å². The Morgan fingerprint density at radius 1 is 1.00 bits per heavy atom. The quantitative estimate of drug-likeness (QED) is 0.698. The van der Waals surface area contributed by atoms with Crippen molar-refractivity contribution in [1.82, 2.24) is 9.97 Å². The predicted molar refractivity (Wildman–Crippen MR) is 89.8 cm³/mol. The van der Waals surface area contributed by atoms with E-state index in [9.17, 15) is 0 Å². The summed E-state index contributed by atoms with van der Waals surface area (Å²) in [4.78, 5) is 7.72. The highest BCUT2D eigenvalue weighted by Gasteiger charge is 2.14. The van der Waals surface area contributed by atoms with Crippen LogP contribution >= 0.6 is 11.6 Å². The van der Waals surface area contributed by atoms with Crippen LogP contribution in [0.4, 0.5) is 0 Å². The first-order valence-corrected chi connectivity index (χ1v) is 7.49. The highest BCUT2D eigenvalue weighted by atomic mass is 35.5. The molecule has 0 aliphatic carbocycles. The molecule has 0 saturated carbocycles. The van der Waals surface area contributed by atoms with Crippen molar-refractivity contribution in [2.75, 3.05) is 0 Å². The number of aromatic nitrogens is 2. The van der Waals surface area contributed by atoms with Crippen molar-refractivity contribution in [2.24, 2.45) is 0 Å². The summed E-state index contributed by atoms with van der Waals surface area (Å²) in [6.45, 7) is 6.03. The van der Waals surface area contributed by atoms with Crippen LogP contribution in [0.15, 0.2) is 42.5 Å². The zero-order valence-corrected chi connectivity index (χ0v) is 13.5. The summed E-state index contributed by atoms with van der Waals surface area (Å²) in [6.07, 6.45) is 0. The maximum Gasteiger partial charge on any atom is 0.245 e. The normalized spacial score (nSPS) is 10.7. The maximum absolute atomic E-state index is 6.05. The van der Waals surface area contributed by atoms with Crippen molar-refractivity contribution >= 4 is 11.6 Å². The minimum Gasteiger partial charge on any atom is -0.437 e. The van der Waals surface area contributed by atoms with Crippen LogP contribution in [0.2, 0.25) is 5.02 Å². The Balaban J connectivity index is 2.01. The van der Waals surface area contributed by atoms with Gasteiger partial charge in [-0.15, -0.1) is 0 Å². The van der Waals surface area contributed by atoms with Gasteiger partial charge in [0, 0.05) is 10.6 Å². The van der Waals surface area contributed by atoms with E-state index < -0.39 is 0 Å². The summed E-state index contributed by atoms with van der Waals surface area (Å²) in [5.41, 5.74) is 4.16. The smallest absolute Gasteiger partial charge is 0.245 e. The molecule has 0 atom stereocenters. The summed E-state index contributed by atoms with van der Waals surface area (Å²) >= 11 is 5.96. The molecule has 0 amide bonds. The molecule has 1 aromatic heterocycles. The standard InChI is InChI=1S/C18H17ClN2O/c1-11-5-4-6-16(12(11)2)22-18-17(20-13(3)21-18)14-7-9-15(19)10-8-14/h4-10H,1-3H3,(H,20,21). The molecular weight excluding hydrogens is 296 g/mol. The maximum atomic E-state index is 6.05. The average molecular weight is 313 g/mol. The average Bonchev–Trinajstić information content (AvgIpc) is 2.85. The van der Waals surface area contributed by atoms with E-state index in [1.54, 1.807) is 0 Å². The van der Waals surface area contributed by atoms with Gasteiger partial charge in [0.25, 0.3) is 0 Å². The van der Waals surface area contributed by atoms with Crippen molar-refractivity contribution in [3.63, 3.8) is 0 Å². The molecule has 22 heavy (non-hydrogen) atoms. The van der Waals surface area contributed by atoms with Gasteiger partial charge in [-0.2, -0.15) is 4.98 Å². The molecule has 0 aliphatic heterocycles. The van der Waals surface area contributed by atoms with Gasteiger partial charge in [0.2, 0.25) is 5.88 Å². The van der Waals surface area contributed by atoms with Crippen LogP contribution in [0.5, 0.6) is 11.6 Å². The molecule has 0 aliphatic rings. The Kier molecular flexibility index (Phi) is 3.90. The second-order valence-electron chi connectivity index (χ2n) is 5.31. The Morgan fingerprint density at radius 3 is 2.45 bits per heavy atom. The molecule has 0 radical (unpaired) electrons. The molecule has 3 nitrogen and oxygen atoms in total. The third-order valence-corrected chi connectivity index (χ3v) is 3.94. The number of ether oxygens (including phenoxy) is 1. The first-order valence-electron chi connectivity index (χ1n) is 7.11. The molecule has 4 heteroatoms. The molecule has 112 valence electrons. The molecule has 1 heterocycles. The molecule has 1 N–H and O–H groups in total. The van der Waals surface area contributed by atoms with Crippen LogP contribution in [0.25, 0.3) is 11.3 Å². The lowest BCUT2D eigenvalue weighted by Gasteiger charge is -2.10. The van der Waals surface area contributed by atoms with Crippen LogP contribution in [-0.2, 0) is 0 Å². The summed E-state index contributed by atoms with van der Waals surface area (Å²) in [5, 5.41) is 0.706. The monoisotopic (exact) mass is 312 g/mol. The number of nitrogens with zero attached hydrogens (tertiary/aromatic N) is 1. The van der Waals surface area contributed by atoms with E-state index in [2.05, 4.69) is 23.0 Å². The number of benzene rings is 2. The zero-order valence-electron chi connectivity index (χ0n) is 12.8. The predicted octanol–water partition coefficient (Wildman–Crippen LogP) is 5.45. The van der Waals surface area contributed by atoms with Gasteiger partial charge >= 0.3 is 0 Å². The summed E-state index contributed by atoms with van der Waals surface area (Å²) < 4.78 is 6.05. The van der Waals surface area contributed by atoms with Crippen LogP contribution < -0.4 is 4.74 Å². The lowest BCUT2D eigenvalue weighted by atomic mass is 10.1. The molecule has 3 aromatic rings. The van der Waals surface area contributed by atoms with Crippen molar-refractivity contribution < 1.29 is 4.74 Å². The second kappa shape index (κ2) is 5.85. The fourth-order valence-electron chi connectivity index (χ4n) is 2.30. The van der Waals surface area contributed by atoms with Crippen molar-refractivity contribution in [1.29, 1.82) is 0 Å². The van der Waals surface area contributed by atoms with Gasteiger partial charge in [-0.25, -0.2) is 0 Å². The third-order valence-electron chi connectivity index (χ3n) is 3.68. The minimum atomic E-state index is 0.577. The largest absolute Gasteiger partial charge is 0.437 e. The third kappa shape index (κ3) is 2.85.